The van der Waals surface area contributed by atoms with Crippen LogP contribution in [0.1, 0.15) is 18.6 Å². The first kappa shape index (κ1) is 10.1. The van der Waals surface area contributed by atoms with E-state index in [-0.39, 0.29) is 12.1 Å². The molecule has 1 saturated carbocycles. The zero-order valence-corrected chi connectivity index (χ0v) is 9.23. The van der Waals surface area contributed by atoms with Crippen LogP contribution in [0, 0.1) is 11.8 Å². The van der Waals surface area contributed by atoms with Crippen molar-refractivity contribution in [2.75, 3.05) is 6.61 Å². The molecule has 0 saturated heterocycles. The number of nitrogens with one attached hydrogen (secondary N) is 1. The molecule has 1 aromatic heterocycles. The number of fused-ring (bicyclic) bond motifs is 2. The molecular formula is C13H17NO2. The molecule has 0 aromatic carbocycles. The Morgan fingerprint density at radius 3 is 3.00 bits per heavy atom. The average molecular weight is 219 g/mol. The largest absolute Gasteiger partial charge is 0.468 e. The third-order valence-corrected chi connectivity index (χ3v) is 3.99. The van der Waals surface area contributed by atoms with Crippen molar-refractivity contribution in [2.24, 2.45) is 11.8 Å². The lowest BCUT2D eigenvalue weighted by Crippen LogP contribution is -2.51. The molecule has 2 aliphatic rings. The van der Waals surface area contributed by atoms with Crippen molar-refractivity contribution in [3.8, 4) is 0 Å². The Morgan fingerprint density at radius 1 is 1.50 bits per heavy atom. The Hall–Kier alpha value is -1.06. The van der Waals surface area contributed by atoms with Crippen molar-refractivity contribution in [1.29, 1.82) is 0 Å². The summed E-state index contributed by atoms with van der Waals surface area (Å²) < 4.78 is 5.30. The lowest BCUT2D eigenvalue weighted by molar-refractivity contribution is 0.132. The van der Waals surface area contributed by atoms with E-state index in [1.807, 2.05) is 12.1 Å². The predicted octanol–water partition coefficient (Wildman–Crippen LogP) is 1.70. The van der Waals surface area contributed by atoms with E-state index in [0.29, 0.717) is 18.4 Å². The van der Waals surface area contributed by atoms with Gasteiger partial charge in [0.2, 0.25) is 0 Å². The highest BCUT2D eigenvalue weighted by molar-refractivity contribution is 5.19. The molecule has 0 spiro atoms. The summed E-state index contributed by atoms with van der Waals surface area (Å²) in [5.74, 6) is 2.07. The third-order valence-electron chi connectivity index (χ3n) is 3.99. The molecule has 2 bridgehead atoms. The van der Waals surface area contributed by atoms with Gasteiger partial charge in [-0.15, -0.1) is 0 Å². The Morgan fingerprint density at radius 2 is 2.44 bits per heavy atom. The second kappa shape index (κ2) is 3.75. The maximum atomic E-state index is 9.64. The quantitative estimate of drug-likeness (QED) is 0.758. The number of hydrogen-bond donors (Lipinski definition) is 2. The van der Waals surface area contributed by atoms with E-state index < -0.39 is 0 Å². The molecule has 3 rings (SSSR count). The van der Waals surface area contributed by atoms with Crippen LogP contribution in [0.3, 0.4) is 0 Å². The molecule has 16 heavy (non-hydrogen) atoms. The molecule has 3 nitrogen and oxygen atoms in total. The summed E-state index contributed by atoms with van der Waals surface area (Å²) in [5, 5.41) is 13.1. The van der Waals surface area contributed by atoms with Crippen molar-refractivity contribution >= 4 is 0 Å². The highest BCUT2D eigenvalue weighted by atomic mass is 16.3. The van der Waals surface area contributed by atoms with Crippen LogP contribution in [0.2, 0.25) is 0 Å². The fraction of sp³-hybridized carbons (Fsp3) is 0.538. The van der Waals surface area contributed by atoms with Gasteiger partial charge in [-0.25, -0.2) is 0 Å². The summed E-state index contributed by atoms with van der Waals surface area (Å²) in [7, 11) is 0. The van der Waals surface area contributed by atoms with Gasteiger partial charge < -0.3 is 14.8 Å². The summed E-state index contributed by atoms with van der Waals surface area (Å²) in [4.78, 5) is 0. The molecule has 0 aliphatic heterocycles. The van der Waals surface area contributed by atoms with Crippen molar-refractivity contribution in [3.05, 3.63) is 36.3 Å². The summed E-state index contributed by atoms with van der Waals surface area (Å²) in [6.07, 6.45) is 8.45. The van der Waals surface area contributed by atoms with Crippen LogP contribution in [0.25, 0.3) is 0 Å². The van der Waals surface area contributed by atoms with Crippen LogP contribution < -0.4 is 5.32 Å². The lowest BCUT2D eigenvalue weighted by atomic mass is 9.85. The van der Waals surface area contributed by atoms with Crippen LogP contribution >= 0.6 is 0 Å². The molecule has 1 aromatic rings. The van der Waals surface area contributed by atoms with Gasteiger partial charge >= 0.3 is 0 Å². The van der Waals surface area contributed by atoms with Gasteiger partial charge in [0.15, 0.2) is 0 Å². The van der Waals surface area contributed by atoms with Crippen LogP contribution in [0.4, 0.5) is 0 Å². The molecule has 0 amide bonds. The first-order valence-corrected chi connectivity index (χ1v) is 5.89. The number of allylic oxidation sites excluding steroid dienone is 1. The van der Waals surface area contributed by atoms with E-state index in [1.165, 1.54) is 6.42 Å². The fourth-order valence-electron chi connectivity index (χ4n) is 3.07. The standard InChI is InChI=1S/C13H17NO2/c15-9-13(7-10-3-4-11(13)6-10)14-8-12-2-1-5-16-12/h1-5,10-11,14-15H,6-9H2/t10-,11+,13+/m0/s1. The van der Waals surface area contributed by atoms with Crippen molar-refractivity contribution in [3.63, 3.8) is 0 Å². The van der Waals surface area contributed by atoms with E-state index in [1.54, 1.807) is 6.26 Å². The maximum absolute atomic E-state index is 9.64. The summed E-state index contributed by atoms with van der Waals surface area (Å²) in [6, 6.07) is 3.85. The molecule has 86 valence electrons. The Bertz CT molecular complexity index is 385. The molecule has 0 unspecified atom stereocenters. The van der Waals surface area contributed by atoms with Crippen molar-refractivity contribution < 1.29 is 9.52 Å². The van der Waals surface area contributed by atoms with Gasteiger partial charge in [0.05, 0.1) is 19.4 Å². The van der Waals surface area contributed by atoms with Gasteiger partial charge in [0, 0.05) is 5.54 Å². The summed E-state index contributed by atoms with van der Waals surface area (Å²) in [5.41, 5.74) is -0.119. The number of aliphatic hydroxyl groups excluding tert-OH is 1. The zero-order chi connectivity index (χ0) is 11.0. The van der Waals surface area contributed by atoms with Crippen molar-refractivity contribution in [2.45, 2.75) is 24.9 Å². The number of hydrogen-bond acceptors (Lipinski definition) is 3. The minimum atomic E-state index is -0.119. The fourth-order valence-corrected chi connectivity index (χ4v) is 3.07. The monoisotopic (exact) mass is 219 g/mol. The first-order chi connectivity index (χ1) is 7.82. The number of rotatable bonds is 4. The van der Waals surface area contributed by atoms with E-state index in [9.17, 15) is 5.11 Å². The van der Waals surface area contributed by atoms with Crippen LogP contribution in [0.5, 0.6) is 0 Å². The Labute approximate surface area is 95.2 Å². The summed E-state index contributed by atoms with van der Waals surface area (Å²) >= 11 is 0. The zero-order valence-electron chi connectivity index (χ0n) is 9.23. The second-order valence-electron chi connectivity index (χ2n) is 4.94. The third kappa shape index (κ3) is 1.51. The van der Waals surface area contributed by atoms with E-state index in [2.05, 4.69) is 17.5 Å². The number of furan rings is 1. The van der Waals surface area contributed by atoms with Gasteiger partial charge in [0.1, 0.15) is 5.76 Å². The Balaban J connectivity index is 1.70. The first-order valence-electron chi connectivity index (χ1n) is 5.89. The maximum Gasteiger partial charge on any atom is 0.117 e. The highest BCUT2D eigenvalue weighted by Crippen LogP contribution is 2.46. The molecule has 3 atom stereocenters. The molecule has 2 aliphatic carbocycles. The van der Waals surface area contributed by atoms with Gasteiger partial charge in [-0.3, -0.25) is 0 Å². The molecular weight excluding hydrogens is 202 g/mol. The lowest BCUT2D eigenvalue weighted by Gasteiger charge is -2.34. The molecule has 0 radical (unpaired) electrons. The van der Waals surface area contributed by atoms with Crippen LogP contribution in [0.15, 0.2) is 35.0 Å². The van der Waals surface area contributed by atoms with Crippen LogP contribution in [-0.4, -0.2) is 17.3 Å². The van der Waals surface area contributed by atoms with E-state index >= 15 is 0 Å². The summed E-state index contributed by atoms with van der Waals surface area (Å²) in [6.45, 7) is 0.907. The average Bonchev–Trinajstić information content (AvgIpc) is 3.02. The highest BCUT2D eigenvalue weighted by Gasteiger charge is 2.47. The van der Waals surface area contributed by atoms with Crippen molar-refractivity contribution in [1.82, 2.24) is 5.32 Å². The second-order valence-corrected chi connectivity index (χ2v) is 4.94. The van der Waals surface area contributed by atoms with Gasteiger partial charge in [0.25, 0.3) is 0 Å². The van der Waals surface area contributed by atoms with Gasteiger partial charge in [-0.05, 0) is 36.8 Å². The van der Waals surface area contributed by atoms with E-state index in [4.69, 9.17) is 4.42 Å². The van der Waals surface area contributed by atoms with Crippen LogP contribution in [-0.2, 0) is 6.54 Å². The molecule has 2 N–H and O–H groups in total. The minimum absolute atomic E-state index is 0.119. The molecule has 3 heteroatoms. The SMILES string of the molecule is OC[C@]1(NCc2ccco2)C[C@H]2C=C[C@@H]1C2. The minimum Gasteiger partial charge on any atom is -0.468 e. The predicted molar refractivity (Wildman–Crippen MR) is 60.7 cm³/mol. The normalized spacial score (nSPS) is 36.1. The van der Waals surface area contributed by atoms with E-state index in [0.717, 1.165) is 12.2 Å². The topological polar surface area (TPSA) is 45.4 Å². The molecule has 1 fully saturated rings. The number of aliphatic hydroxyl groups is 1. The molecule has 1 heterocycles. The van der Waals surface area contributed by atoms with Gasteiger partial charge in [-0.1, -0.05) is 12.2 Å². The smallest absolute Gasteiger partial charge is 0.117 e. The van der Waals surface area contributed by atoms with Gasteiger partial charge in [-0.2, -0.15) is 0 Å². The Kier molecular flexibility index (Phi) is 2.37.